The van der Waals surface area contributed by atoms with Gasteiger partial charge in [0.15, 0.2) is 0 Å². The number of hydrogen-bond donors (Lipinski definition) is 0. The Morgan fingerprint density at radius 1 is 0.600 bits per heavy atom. The molecule has 4 nitrogen and oxygen atoms in total. The zero-order chi connectivity index (χ0) is 14.8. The molecule has 0 bridgehead atoms. The van der Waals surface area contributed by atoms with Crippen LogP contribution < -0.4 is 0 Å². The minimum atomic E-state index is 1.18. The predicted octanol–water partition coefficient (Wildman–Crippen LogP) is 1.29. The van der Waals surface area contributed by atoms with Crippen LogP contribution in [0.15, 0.2) is 0 Å². The number of hydrogen-bond acceptors (Lipinski definition) is 4. The predicted molar refractivity (Wildman–Crippen MR) is 88.5 cm³/mol. The molecule has 120 valence electrons. The summed E-state index contributed by atoms with van der Waals surface area (Å²) in [5, 5.41) is 0. The average molecular weight is 284 g/mol. The molecule has 1 aliphatic rings. The van der Waals surface area contributed by atoms with Crippen molar-refractivity contribution in [3.05, 3.63) is 0 Å². The number of nitrogens with zero attached hydrogens (tertiary/aromatic N) is 4. The molecule has 1 rings (SSSR count). The van der Waals surface area contributed by atoms with Crippen molar-refractivity contribution >= 4 is 0 Å². The molecule has 0 saturated carbocycles. The molecule has 0 amide bonds. The van der Waals surface area contributed by atoms with E-state index in [9.17, 15) is 0 Å². The van der Waals surface area contributed by atoms with E-state index in [1.165, 1.54) is 78.5 Å². The van der Waals surface area contributed by atoms with Gasteiger partial charge in [-0.25, -0.2) is 0 Å². The monoisotopic (exact) mass is 284 g/mol. The topological polar surface area (TPSA) is 13.0 Å². The second-order valence-electron chi connectivity index (χ2n) is 5.74. The summed E-state index contributed by atoms with van der Waals surface area (Å²) in [6.07, 6.45) is 0. The van der Waals surface area contributed by atoms with E-state index >= 15 is 0 Å². The third-order valence-electron chi connectivity index (χ3n) is 4.72. The summed E-state index contributed by atoms with van der Waals surface area (Å²) in [6.45, 7) is 23.7. The maximum absolute atomic E-state index is 2.63. The standard InChI is InChI=1S/C16H36N4/c1-5-17(6-2)9-11-19-13-15-20(16-14-19)12-10-18(7-3)8-4/h5-16H2,1-4H3. The van der Waals surface area contributed by atoms with E-state index < -0.39 is 0 Å². The first-order valence-corrected chi connectivity index (χ1v) is 8.62. The van der Waals surface area contributed by atoms with Gasteiger partial charge in [0.2, 0.25) is 0 Å². The maximum atomic E-state index is 2.63. The SMILES string of the molecule is CCN(CC)CCN1CCN(CCN(CC)CC)CC1. The molecular weight excluding hydrogens is 248 g/mol. The molecule has 1 fully saturated rings. The Morgan fingerprint density at radius 2 is 0.900 bits per heavy atom. The fraction of sp³-hybridized carbons (Fsp3) is 1.00. The molecule has 0 radical (unpaired) electrons. The van der Waals surface area contributed by atoms with E-state index in [1.54, 1.807) is 0 Å². The normalized spacial score (nSPS) is 18.3. The van der Waals surface area contributed by atoms with Crippen LogP contribution in [0.2, 0.25) is 0 Å². The molecule has 1 aliphatic heterocycles. The second kappa shape index (κ2) is 10.6. The highest BCUT2D eigenvalue weighted by Crippen LogP contribution is 2.02. The van der Waals surface area contributed by atoms with Crippen molar-refractivity contribution in [3.63, 3.8) is 0 Å². The van der Waals surface area contributed by atoms with Gasteiger partial charge < -0.3 is 9.80 Å². The highest BCUT2D eigenvalue weighted by Gasteiger charge is 2.17. The first-order valence-electron chi connectivity index (χ1n) is 8.62. The molecule has 1 saturated heterocycles. The lowest BCUT2D eigenvalue weighted by atomic mass is 10.3. The van der Waals surface area contributed by atoms with E-state index in [-0.39, 0.29) is 0 Å². The van der Waals surface area contributed by atoms with Crippen LogP contribution in [0.3, 0.4) is 0 Å². The van der Waals surface area contributed by atoms with Gasteiger partial charge in [0.05, 0.1) is 0 Å². The largest absolute Gasteiger partial charge is 0.303 e. The van der Waals surface area contributed by atoms with Crippen molar-refractivity contribution in [3.8, 4) is 0 Å². The van der Waals surface area contributed by atoms with Gasteiger partial charge in [-0.05, 0) is 26.2 Å². The van der Waals surface area contributed by atoms with Crippen molar-refractivity contribution in [2.45, 2.75) is 27.7 Å². The first kappa shape index (κ1) is 17.9. The minimum absolute atomic E-state index is 1.18. The number of likely N-dealkylation sites (N-methyl/N-ethyl adjacent to an activating group) is 2. The van der Waals surface area contributed by atoms with Crippen LogP contribution in [0.5, 0.6) is 0 Å². The van der Waals surface area contributed by atoms with Gasteiger partial charge in [0.1, 0.15) is 0 Å². The molecular formula is C16H36N4. The molecule has 0 N–H and O–H groups in total. The molecule has 0 aromatic rings. The lowest BCUT2D eigenvalue weighted by molar-refractivity contribution is 0.110. The Bertz CT molecular complexity index is 195. The Labute approximate surface area is 126 Å². The van der Waals surface area contributed by atoms with Gasteiger partial charge in [0.25, 0.3) is 0 Å². The van der Waals surface area contributed by atoms with Crippen molar-refractivity contribution in [2.24, 2.45) is 0 Å². The van der Waals surface area contributed by atoms with E-state index in [2.05, 4.69) is 47.3 Å². The smallest absolute Gasteiger partial charge is 0.0110 e. The molecule has 0 aliphatic carbocycles. The summed E-state index contributed by atoms with van der Waals surface area (Å²) in [5.74, 6) is 0. The Balaban J connectivity index is 2.13. The van der Waals surface area contributed by atoms with E-state index in [0.29, 0.717) is 0 Å². The van der Waals surface area contributed by atoms with Crippen LogP contribution in [0.1, 0.15) is 27.7 Å². The Kier molecular flexibility index (Phi) is 9.44. The molecule has 0 spiro atoms. The highest BCUT2D eigenvalue weighted by atomic mass is 15.3. The van der Waals surface area contributed by atoms with Gasteiger partial charge in [-0.3, -0.25) is 9.80 Å². The molecule has 0 aromatic carbocycles. The molecule has 0 atom stereocenters. The summed E-state index contributed by atoms with van der Waals surface area (Å²) in [4.78, 5) is 10.3. The average Bonchev–Trinajstić information content (AvgIpc) is 2.50. The molecule has 1 heterocycles. The lowest BCUT2D eigenvalue weighted by Gasteiger charge is -2.36. The van der Waals surface area contributed by atoms with Crippen LogP contribution in [0, 0.1) is 0 Å². The van der Waals surface area contributed by atoms with E-state index in [1.807, 2.05) is 0 Å². The van der Waals surface area contributed by atoms with Crippen LogP contribution in [0.25, 0.3) is 0 Å². The Hall–Kier alpha value is -0.160. The summed E-state index contributed by atoms with van der Waals surface area (Å²) in [7, 11) is 0. The highest BCUT2D eigenvalue weighted by molar-refractivity contribution is 4.73. The third kappa shape index (κ3) is 6.53. The molecule has 4 heteroatoms. The third-order valence-corrected chi connectivity index (χ3v) is 4.72. The summed E-state index contributed by atoms with van der Waals surface area (Å²) >= 11 is 0. The van der Waals surface area contributed by atoms with E-state index in [0.717, 1.165) is 0 Å². The van der Waals surface area contributed by atoms with Crippen LogP contribution in [-0.4, -0.2) is 98.1 Å². The van der Waals surface area contributed by atoms with E-state index in [4.69, 9.17) is 0 Å². The van der Waals surface area contributed by atoms with Crippen molar-refractivity contribution < 1.29 is 0 Å². The molecule has 0 aromatic heterocycles. The zero-order valence-corrected chi connectivity index (χ0v) is 14.3. The summed E-state index contributed by atoms with van der Waals surface area (Å²) in [6, 6.07) is 0. The number of rotatable bonds is 10. The quantitative estimate of drug-likeness (QED) is 0.599. The fourth-order valence-electron chi connectivity index (χ4n) is 2.88. The Morgan fingerprint density at radius 3 is 1.15 bits per heavy atom. The van der Waals surface area contributed by atoms with Crippen molar-refractivity contribution in [2.75, 3.05) is 78.5 Å². The second-order valence-corrected chi connectivity index (χ2v) is 5.74. The summed E-state index contributed by atoms with van der Waals surface area (Å²) in [5.41, 5.74) is 0. The summed E-state index contributed by atoms with van der Waals surface area (Å²) < 4.78 is 0. The lowest BCUT2D eigenvalue weighted by Crippen LogP contribution is -2.50. The first-order chi connectivity index (χ1) is 9.73. The van der Waals surface area contributed by atoms with Gasteiger partial charge in [-0.15, -0.1) is 0 Å². The van der Waals surface area contributed by atoms with Crippen LogP contribution >= 0.6 is 0 Å². The van der Waals surface area contributed by atoms with Gasteiger partial charge in [0, 0.05) is 52.4 Å². The maximum Gasteiger partial charge on any atom is 0.0110 e. The van der Waals surface area contributed by atoms with Gasteiger partial charge in [-0.2, -0.15) is 0 Å². The van der Waals surface area contributed by atoms with Gasteiger partial charge >= 0.3 is 0 Å². The van der Waals surface area contributed by atoms with Gasteiger partial charge in [-0.1, -0.05) is 27.7 Å². The fourth-order valence-corrected chi connectivity index (χ4v) is 2.88. The van der Waals surface area contributed by atoms with Crippen LogP contribution in [-0.2, 0) is 0 Å². The van der Waals surface area contributed by atoms with Crippen LogP contribution in [0.4, 0.5) is 0 Å². The minimum Gasteiger partial charge on any atom is -0.303 e. The van der Waals surface area contributed by atoms with Crippen molar-refractivity contribution in [1.82, 2.24) is 19.6 Å². The molecule has 20 heavy (non-hydrogen) atoms. The molecule has 0 unspecified atom stereocenters. The zero-order valence-electron chi connectivity index (χ0n) is 14.3. The number of piperazine rings is 1. The van der Waals surface area contributed by atoms with Crippen molar-refractivity contribution in [1.29, 1.82) is 0 Å².